The van der Waals surface area contributed by atoms with Gasteiger partial charge in [0.1, 0.15) is 11.5 Å². The molecular formula is C39H39FN8O3. The van der Waals surface area contributed by atoms with Crippen LogP contribution in [0.1, 0.15) is 42.9 Å². The van der Waals surface area contributed by atoms with Crippen LogP contribution in [-0.4, -0.2) is 93.2 Å². The highest BCUT2D eigenvalue weighted by Crippen LogP contribution is 2.40. The zero-order valence-corrected chi connectivity index (χ0v) is 28.4. The van der Waals surface area contributed by atoms with Crippen molar-refractivity contribution in [3.63, 3.8) is 0 Å². The third kappa shape index (κ3) is 6.76. The third-order valence-electron chi connectivity index (χ3n) is 10.3. The largest absolute Gasteiger partial charge is 0.384 e. The van der Waals surface area contributed by atoms with Crippen LogP contribution in [0.5, 0.6) is 0 Å². The van der Waals surface area contributed by atoms with E-state index in [9.17, 15) is 9.59 Å². The number of fused-ring (bicyclic) bond motifs is 1. The highest BCUT2D eigenvalue weighted by Gasteiger charge is 2.45. The number of benzene rings is 2. The standard InChI is InChI=1S/C39H39FN8O3/c1-51-24-39(38(50)44-29-6-8-33-31(21-29)36(46-45-33)27-9-15-41-34(20-27)26-3-4-26)12-18-47(23-39)22-35(49)48-16-10-25(11-17-48)30-7-5-28(19-32(30)40)37-42-13-2-14-43-37/h2,5-10,13-15,19-21,26H,3-4,11-12,16-18,22-24H2,1H3,(H,44,50)(H,45,46)/t39-/m1/s1. The van der Waals surface area contributed by atoms with Crippen LogP contribution in [0.2, 0.25) is 0 Å². The summed E-state index contributed by atoms with van der Waals surface area (Å²) in [4.78, 5) is 44.1. The number of pyridine rings is 1. The van der Waals surface area contributed by atoms with Crippen molar-refractivity contribution < 1.29 is 18.7 Å². The van der Waals surface area contributed by atoms with E-state index in [2.05, 4.69) is 36.5 Å². The number of nitrogens with one attached hydrogen (secondary N) is 2. The number of anilines is 1. The van der Waals surface area contributed by atoms with E-state index in [1.165, 1.54) is 18.9 Å². The van der Waals surface area contributed by atoms with Crippen molar-refractivity contribution in [2.45, 2.75) is 31.6 Å². The molecule has 2 amide bonds. The normalized spacial score (nSPS) is 19.3. The number of carbonyl (C=O) groups is 2. The van der Waals surface area contributed by atoms with Gasteiger partial charge < -0.3 is 15.0 Å². The minimum Gasteiger partial charge on any atom is -0.384 e. The van der Waals surface area contributed by atoms with Crippen molar-refractivity contribution in [2.75, 3.05) is 51.8 Å². The van der Waals surface area contributed by atoms with Crippen molar-refractivity contribution in [1.29, 1.82) is 0 Å². The summed E-state index contributed by atoms with van der Waals surface area (Å²) in [5, 5.41) is 11.8. The molecule has 51 heavy (non-hydrogen) atoms. The molecule has 5 heterocycles. The molecule has 3 aromatic heterocycles. The molecule has 0 bridgehead atoms. The van der Waals surface area contributed by atoms with Crippen LogP contribution in [0.15, 0.2) is 79.3 Å². The first-order valence-corrected chi connectivity index (χ1v) is 17.4. The molecule has 1 saturated carbocycles. The topological polar surface area (TPSA) is 129 Å². The molecule has 5 aromatic rings. The van der Waals surface area contributed by atoms with Gasteiger partial charge in [0.05, 0.1) is 24.1 Å². The molecule has 2 fully saturated rings. The molecule has 1 aliphatic carbocycles. The van der Waals surface area contributed by atoms with Crippen molar-refractivity contribution in [1.82, 2.24) is 34.9 Å². The Labute approximate surface area is 295 Å². The minimum atomic E-state index is -0.809. The average molecular weight is 687 g/mol. The summed E-state index contributed by atoms with van der Waals surface area (Å²) >= 11 is 0. The number of hydrogen-bond donors (Lipinski definition) is 2. The Morgan fingerprint density at radius 3 is 2.65 bits per heavy atom. The molecule has 12 heteroatoms. The van der Waals surface area contributed by atoms with Crippen LogP contribution in [0.3, 0.4) is 0 Å². The van der Waals surface area contributed by atoms with E-state index in [0.717, 1.165) is 33.4 Å². The van der Waals surface area contributed by atoms with Gasteiger partial charge in [0.15, 0.2) is 5.82 Å². The van der Waals surface area contributed by atoms with Gasteiger partial charge in [-0.25, -0.2) is 14.4 Å². The number of carbonyl (C=O) groups excluding carboxylic acids is 2. The molecular weight excluding hydrogens is 647 g/mol. The SMILES string of the molecule is COC[C@@]1(C(=O)Nc2ccc3[nH]nc(-c4ccnc(C5CC5)c4)c3c2)CCN(CC(=O)N2CC=C(c3ccc(-c4ncccn4)cc3F)CC2)C1. The van der Waals surface area contributed by atoms with E-state index < -0.39 is 5.41 Å². The van der Waals surface area contributed by atoms with Gasteiger partial charge in [0, 0.05) is 84.7 Å². The van der Waals surface area contributed by atoms with Gasteiger partial charge in [0.2, 0.25) is 11.8 Å². The number of H-pyrrole nitrogens is 1. The fourth-order valence-corrected chi connectivity index (χ4v) is 7.31. The summed E-state index contributed by atoms with van der Waals surface area (Å²) in [5.41, 5.74) is 5.67. The Bertz CT molecular complexity index is 2130. The minimum absolute atomic E-state index is 0.0186. The molecule has 2 N–H and O–H groups in total. The van der Waals surface area contributed by atoms with E-state index in [4.69, 9.17) is 4.74 Å². The lowest BCUT2D eigenvalue weighted by molar-refractivity contribution is -0.133. The first-order chi connectivity index (χ1) is 24.9. The second-order valence-electron chi connectivity index (χ2n) is 13.8. The number of methoxy groups -OCH3 is 1. The highest BCUT2D eigenvalue weighted by atomic mass is 19.1. The lowest BCUT2D eigenvalue weighted by Gasteiger charge is -2.30. The number of likely N-dealkylation sites (tertiary alicyclic amines) is 1. The first-order valence-electron chi connectivity index (χ1n) is 17.4. The number of aromatic amines is 1. The first kappa shape index (κ1) is 32.9. The summed E-state index contributed by atoms with van der Waals surface area (Å²) in [5.74, 6) is 0.511. The predicted molar refractivity (Wildman–Crippen MR) is 192 cm³/mol. The van der Waals surface area contributed by atoms with Crippen LogP contribution in [0.4, 0.5) is 10.1 Å². The molecule has 11 nitrogen and oxygen atoms in total. The Hall–Kier alpha value is -5.33. The van der Waals surface area contributed by atoms with E-state index in [1.807, 2.05) is 47.5 Å². The molecule has 0 spiro atoms. The Kier molecular flexibility index (Phi) is 8.87. The maximum absolute atomic E-state index is 15.1. The summed E-state index contributed by atoms with van der Waals surface area (Å²) in [6.07, 6.45) is 10.5. The van der Waals surface area contributed by atoms with Gasteiger partial charge in [-0.1, -0.05) is 18.2 Å². The molecule has 2 aliphatic heterocycles. The number of nitrogens with zero attached hydrogens (tertiary/aromatic N) is 6. The number of amides is 2. The molecule has 8 rings (SSSR count). The number of ether oxygens (including phenoxy) is 1. The molecule has 0 unspecified atom stereocenters. The quantitative estimate of drug-likeness (QED) is 0.192. The van der Waals surface area contributed by atoms with E-state index in [-0.39, 0.29) is 30.8 Å². The maximum atomic E-state index is 15.1. The molecule has 260 valence electrons. The van der Waals surface area contributed by atoms with Gasteiger partial charge in [-0.2, -0.15) is 5.10 Å². The van der Waals surface area contributed by atoms with E-state index in [1.54, 1.807) is 36.5 Å². The maximum Gasteiger partial charge on any atom is 0.237 e. The zero-order chi connectivity index (χ0) is 35.0. The van der Waals surface area contributed by atoms with Gasteiger partial charge in [-0.15, -0.1) is 0 Å². The lowest BCUT2D eigenvalue weighted by atomic mass is 9.87. The fraction of sp³-hybridized carbons (Fsp3) is 0.333. The van der Waals surface area contributed by atoms with Crippen LogP contribution < -0.4 is 5.32 Å². The summed E-state index contributed by atoms with van der Waals surface area (Å²) in [7, 11) is 1.60. The van der Waals surface area contributed by atoms with Gasteiger partial charge >= 0.3 is 0 Å². The van der Waals surface area contributed by atoms with Gasteiger partial charge in [-0.05, 0) is 80.3 Å². The molecule has 1 saturated heterocycles. The lowest BCUT2D eigenvalue weighted by Crippen LogP contribution is -2.45. The number of rotatable bonds is 10. The Balaban J connectivity index is 0.906. The summed E-state index contributed by atoms with van der Waals surface area (Å²) < 4.78 is 20.7. The van der Waals surface area contributed by atoms with Gasteiger partial charge in [0.25, 0.3) is 0 Å². The third-order valence-corrected chi connectivity index (χ3v) is 10.3. The van der Waals surface area contributed by atoms with Gasteiger partial charge in [-0.3, -0.25) is 24.6 Å². The molecule has 3 aliphatic rings. The van der Waals surface area contributed by atoms with Crippen LogP contribution in [0.25, 0.3) is 39.1 Å². The summed E-state index contributed by atoms with van der Waals surface area (Å²) in [6, 6.07) is 16.6. The number of hydrogen-bond acceptors (Lipinski definition) is 8. The smallest absolute Gasteiger partial charge is 0.237 e. The second-order valence-corrected chi connectivity index (χ2v) is 13.8. The molecule has 1 atom stereocenters. The molecule has 2 aromatic carbocycles. The fourth-order valence-electron chi connectivity index (χ4n) is 7.31. The Morgan fingerprint density at radius 1 is 1.02 bits per heavy atom. The van der Waals surface area contributed by atoms with E-state index in [0.29, 0.717) is 67.6 Å². The second kappa shape index (κ2) is 13.8. The van der Waals surface area contributed by atoms with Crippen LogP contribution in [-0.2, 0) is 14.3 Å². The van der Waals surface area contributed by atoms with Crippen LogP contribution in [0, 0.1) is 11.2 Å². The van der Waals surface area contributed by atoms with Crippen molar-refractivity contribution in [2.24, 2.45) is 5.41 Å². The van der Waals surface area contributed by atoms with Crippen molar-refractivity contribution in [3.8, 4) is 22.6 Å². The summed E-state index contributed by atoms with van der Waals surface area (Å²) in [6.45, 7) is 2.31. The number of halogens is 1. The zero-order valence-electron chi connectivity index (χ0n) is 28.4. The predicted octanol–water partition coefficient (Wildman–Crippen LogP) is 5.69. The average Bonchev–Trinajstić information content (AvgIpc) is 3.81. The van der Waals surface area contributed by atoms with Crippen molar-refractivity contribution in [3.05, 3.63) is 96.3 Å². The van der Waals surface area contributed by atoms with Crippen molar-refractivity contribution >= 4 is 34.0 Å². The highest BCUT2D eigenvalue weighted by molar-refractivity contribution is 6.00. The monoisotopic (exact) mass is 686 g/mol. The van der Waals surface area contributed by atoms with Crippen LogP contribution >= 0.6 is 0 Å². The Morgan fingerprint density at radius 2 is 1.88 bits per heavy atom. The van der Waals surface area contributed by atoms with E-state index >= 15 is 4.39 Å². The number of aromatic nitrogens is 5. The molecule has 0 radical (unpaired) electrons.